The zero-order valence-electron chi connectivity index (χ0n) is 26.1. The number of aryl methyl sites for hydroxylation is 2. The van der Waals surface area contributed by atoms with Gasteiger partial charge in [-0.05, 0) is 70.9 Å². The summed E-state index contributed by atoms with van der Waals surface area (Å²) in [6.45, 7) is 13.8. The molecule has 1 saturated carbocycles. The summed E-state index contributed by atoms with van der Waals surface area (Å²) in [5, 5.41) is 15.9. The lowest BCUT2D eigenvalue weighted by Crippen LogP contribution is -2.51. The monoisotopic (exact) mass is 609 g/mol. The van der Waals surface area contributed by atoms with Gasteiger partial charge in [-0.1, -0.05) is 59.7 Å². The summed E-state index contributed by atoms with van der Waals surface area (Å²) < 4.78 is 12.6. The van der Waals surface area contributed by atoms with E-state index in [2.05, 4.69) is 68.3 Å². The predicted molar refractivity (Wildman–Crippen MR) is 173 cm³/mol. The van der Waals surface area contributed by atoms with Crippen molar-refractivity contribution in [2.24, 2.45) is 5.92 Å². The number of aromatic nitrogens is 2. The van der Waals surface area contributed by atoms with Crippen LogP contribution < -0.4 is 10.1 Å². The van der Waals surface area contributed by atoms with Crippen LogP contribution in [0.25, 0.3) is 0 Å². The van der Waals surface area contributed by atoms with Crippen LogP contribution in [0.2, 0.25) is 16.6 Å². The van der Waals surface area contributed by atoms with E-state index in [0.29, 0.717) is 32.9 Å². The van der Waals surface area contributed by atoms with Gasteiger partial charge in [-0.15, -0.1) is 11.3 Å². The van der Waals surface area contributed by atoms with Gasteiger partial charge in [0.25, 0.3) is 0 Å². The first-order valence-electron chi connectivity index (χ1n) is 15.2. The molecule has 0 amide bonds. The van der Waals surface area contributed by atoms with Crippen LogP contribution in [-0.2, 0) is 17.3 Å². The number of nitrogens with one attached hydrogen (secondary N) is 1. The minimum Gasteiger partial charge on any atom is -0.496 e. The van der Waals surface area contributed by atoms with Crippen LogP contribution in [0.3, 0.4) is 0 Å². The second-order valence-corrected chi connectivity index (χ2v) is 18.8. The number of nitrogens with zero attached hydrogens (tertiary/aromatic N) is 2. The van der Waals surface area contributed by atoms with Crippen LogP contribution in [0, 0.1) is 5.92 Å². The first-order chi connectivity index (χ1) is 20.1. The van der Waals surface area contributed by atoms with Gasteiger partial charge in [0, 0.05) is 24.8 Å². The number of carbonyl (C=O) groups excluding carboxylic acids is 1. The zero-order chi connectivity index (χ0) is 30.4. The summed E-state index contributed by atoms with van der Waals surface area (Å²) in [4.78, 5) is 23.0. The number of para-hydroxylation sites is 1. The molecule has 2 aromatic heterocycles. The summed E-state index contributed by atoms with van der Waals surface area (Å²) in [6, 6.07) is 10.1. The molecule has 1 aliphatic rings. The normalized spacial score (nSPS) is 19.2. The SMILES string of the molecule is COc1ccccc1CCc1csc(C(=O)c2cncnc2NC2CC(CO)[C@@H](O[Si](C(C)C)(C(C)C)C(C)C)C2)c1. The smallest absolute Gasteiger partial charge is 0.208 e. The number of anilines is 1. The molecule has 7 nitrogen and oxygen atoms in total. The topological polar surface area (TPSA) is 93.6 Å². The van der Waals surface area contributed by atoms with Crippen LogP contribution in [0.15, 0.2) is 48.2 Å². The molecule has 9 heteroatoms. The summed E-state index contributed by atoms with van der Waals surface area (Å²) in [7, 11) is -0.412. The van der Waals surface area contributed by atoms with E-state index in [9.17, 15) is 9.90 Å². The Hall–Kier alpha value is -2.59. The summed E-state index contributed by atoms with van der Waals surface area (Å²) in [5.74, 6) is 1.40. The van der Waals surface area contributed by atoms with Crippen molar-refractivity contribution in [3.63, 3.8) is 0 Å². The average molecular weight is 610 g/mol. The van der Waals surface area contributed by atoms with Crippen LogP contribution >= 0.6 is 11.3 Å². The van der Waals surface area contributed by atoms with E-state index in [-0.39, 0.29) is 30.5 Å². The van der Waals surface area contributed by atoms with Crippen molar-refractivity contribution < 1.29 is 19.1 Å². The van der Waals surface area contributed by atoms with Crippen LogP contribution in [0.1, 0.15) is 80.7 Å². The molecule has 0 bridgehead atoms. The number of carbonyl (C=O) groups is 1. The molecule has 2 N–H and O–H groups in total. The fraction of sp³-hybridized carbons (Fsp3) is 0.545. The molecule has 2 unspecified atom stereocenters. The van der Waals surface area contributed by atoms with E-state index >= 15 is 0 Å². The highest BCUT2D eigenvalue weighted by molar-refractivity contribution is 7.12. The number of benzene rings is 1. The maximum absolute atomic E-state index is 13.6. The van der Waals surface area contributed by atoms with Gasteiger partial charge in [0.1, 0.15) is 17.9 Å². The van der Waals surface area contributed by atoms with Gasteiger partial charge in [0.05, 0.1) is 23.7 Å². The Labute approximate surface area is 256 Å². The Bertz CT molecular complexity index is 1310. The second-order valence-electron chi connectivity index (χ2n) is 12.5. The van der Waals surface area contributed by atoms with Crippen LogP contribution in [0.4, 0.5) is 5.82 Å². The van der Waals surface area contributed by atoms with E-state index in [4.69, 9.17) is 9.16 Å². The van der Waals surface area contributed by atoms with E-state index in [1.807, 2.05) is 24.3 Å². The fourth-order valence-electron chi connectivity index (χ4n) is 6.96. The van der Waals surface area contributed by atoms with Gasteiger partial charge in [-0.2, -0.15) is 0 Å². The lowest BCUT2D eigenvalue weighted by Gasteiger charge is -2.45. The molecule has 3 atom stereocenters. The third kappa shape index (κ3) is 6.96. The van der Waals surface area contributed by atoms with Crippen molar-refractivity contribution in [1.82, 2.24) is 9.97 Å². The number of methoxy groups -OCH3 is 1. The quantitative estimate of drug-likeness (QED) is 0.146. The molecular weight excluding hydrogens is 563 g/mol. The third-order valence-corrected chi connectivity index (χ3v) is 16.1. The van der Waals surface area contributed by atoms with E-state index < -0.39 is 8.32 Å². The van der Waals surface area contributed by atoms with Gasteiger partial charge < -0.3 is 19.6 Å². The standard InChI is InChI=1S/C33H47N3O4SSi/c1-21(2)42(22(3)4,23(5)6)40-30-16-27(15-26(30)18-37)36-33-28(17-34-20-35-33)32(38)31-14-24(19-41-31)12-13-25-10-8-9-11-29(25)39-7/h8-11,14,17,19-23,26-27,30,37H,12-13,15-16,18H2,1-7H3,(H,34,35,36)/t26?,27?,30-/m0/s1. The summed E-state index contributed by atoms with van der Waals surface area (Å²) >= 11 is 1.46. The molecule has 0 saturated heterocycles. The minimum atomic E-state index is -2.10. The molecule has 1 aliphatic carbocycles. The summed E-state index contributed by atoms with van der Waals surface area (Å²) in [5.41, 5.74) is 4.16. The maximum atomic E-state index is 13.6. The first-order valence-corrected chi connectivity index (χ1v) is 18.2. The molecule has 0 aliphatic heterocycles. The van der Waals surface area contributed by atoms with Gasteiger partial charge in [-0.25, -0.2) is 9.97 Å². The number of aliphatic hydroxyl groups excluding tert-OH is 1. The van der Waals surface area contributed by atoms with E-state index in [1.54, 1.807) is 13.3 Å². The molecule has 2 heterocycles. The molecule has 228 valence electrons. The van der Waals surface area contributed by atoms with Crippen LogP contribution in [-0.4, -0.2) is 55.0 Å². The lowest BCUT2D eigenvalue weighted by molar-refractivity contribution is 0.0941. The Kier molecular flexibility index (Phi) is 11.0. The molecule has 3 aromatic rings. The molecule has 0 spiro atoms. The van der Waals surface area contributed by atoms with Gasteiger partial charge in [0.15, 0.2) is 0 Å². The van der Waals surface area contributed by atoms with Gasteiger partial charge in [-0.3, -0.25) is 4.79 Å². The Morgan fingerprint density at radius 2 is 1.81 bits per heavy atom. The van der Waals surface area contributed by atoms with Crippen molar-refractivity contribution in [3.8, 4) is 5.75 Å². The Morgan fingerprint density at radius 3 is 2.48 bits per heavy atom. The molecule has 1 fully saturated rings. The second kappa shape index (κ2) is 14.3. The number of ether oxygens (including phenoxy) is 1. The minimum absolute atomic E-state index is 0.0181. The van der Waals surface area contributed by atoms with E-state index in [1.165, 1.54) is 17.7 Å². The number of aliphatic hydroxyl groups is 1. The first kappa shape index (κ1) is 32.3. The lowest BCUT2D eigenvalue weighted by atomic mass is 10.0. The van der Waals surface area contributed by atoms with Crippen molar-refractivity contribution >= 4 is 31.3 Å². The highest BCUT2D eigenvalue weighted by Crippen LogP contribution is 2.46. The number of ketones is 1. The number of hydrogen-bond acceptors (Lipinski definition) is 8. The van der Waals surface area contributed by atoms with Crippen LogP contribution in [0.5, 0.6) is 5.75 Å². The average Bonchev–Trinajstić information content (AvgIpc) is 3.61. The van der Waals surface area contributed by atoms with Crippen molar-refractivity contribution in [1.29, 1.82) is 0 Å². The third-order valence-electron chi connectivity index (χ3n) is 8.98. The molecular formula is C33H47N3O4SSi. The van der Waals surface area contributed by atoms with Gasteiger partial charge >= 0.3 is 0 Å². The van der Waals surface area contributed by atoms with Crippen molar-refractivity contribution in [2.75, 3.05) is 19.0 Å². The van der Waals surface area contributed by atoms with E-state index in [0.717, 1.165) is 42.6 Å². The number of thiophene rings is 1. The van der Waals surface area contributed by atoms with Crippen molar-refractivity contribution in [2.45, 2.75) is 96.0 Å². The number of rotatable bonds is 14. The fourth-order valence-corrected chi connectivity index (χ4v) is 13.5. The van der Waals surface area contributed by atoms with Gasteiger partial charge in [0.2, 0.25) is 14.1 Å². The Balaban J connectivity index is 1.46. The molecule has 0 radical (unpaired) electrons. The Morgan fingerprint density at radius 1 is 1.10 bits per heavy atom. The molecule has 42 heavy (non-hydrogen) atoms. The largest absolute Gasteiger partial charge is 0.496 e. The summed E-state index contributed by atoms with van der Waals surface area (Å²) in [6.07, 6.45) is 6.26. The zero-order valence-corrected chi connectivity index (χ0v) is 27.9. The predicted octanol–water partition coefficient (Wildman–Crippen LogP) is 7.31. The molecule has 1 aromatic carbocycles. The van der Waals surface area contributed by atoms with Crippen molar-refractivity contribution in [3.05, 3.63) is 69.8 Å². The highest BCUT2D eigenvalue weighted by Gasteiger charge is 2.49. The highest BCUT2D eigenvalue weighted by atomic mass is 32.1. The maximum Gasteiger partial charge on any atom is 0.208 e. The number of hydrogen-bond donors (Lipinski definition) is 2. The molecule has 4 rings (SSSR count).